The van der Waals surface area contributed by atoms with E-state index in [2.05, 4.69) is 5.32 Å². The van der Waals surface area contributed by atoms with Crippen molar-refractivity contribution in [2.75, 3.05) is 7.11 Å². The minimum absolute atomic E-state index is 0.329. The van der Waals surface area contributed by atoms with Crippen molar-refractivity contribution in [3.05, 3.63) is 35.4 Å². The van der Waals surface area contributed by atoms with Crippen molar-refractivity contribution in [1.29, 1.82) is 0 Å². The molecule has 0 bridgehead atoms. The zero-order valence-corrected chi connectivity index (χ0v) is 10.7. The first kappa shape index (κ1) is 13.1. The van der Waals surface area contributed by atoms with Gasteiger partial charge in [-0.1, -0.05) is 12.1 Å². The number of carbonyl (C=O) groups is 1. The van der Waals surface area contributed by atoms with Crippen molar-refractivity contribution in [1.82, 2.24) is 5.32 Å². The Morgan fingerprint density at radius 2 is 2.11 bits per heavy atom. The third-order valence-electron chi connectivity index (χ3n) is 3.56. The summed E-state index contributed by atoms with van der Waals surface area (Å²) in [5.41, 5.74) is 6.91. The predicted molar refractivity (Wildman–Crippen MR) is 70.2 cm³/mol. The highest BCUT2D eigenvalue weighted by molar-refractivity contribution is 5.92. The molecule has 2 unspecified atom stereocenters. The van der Waals surface area contributed by atoms with Crippen molar-refractivity contribution >= 4 is 5.91 Å². The molecule has 0 radical (unpaired) electrons. The third kappa shape index (κ3) is 3.09. The Balaban J connectivity index is 1.88. The zero-order chi connectivity index (χ0) is 13.0. The summed E-state index contributed by atoms with van der Waals surface area (Å²) in [5, 5.41) is 3.51. The van der Waals surface area contributed by atoms with Crippen LogP contribution in [0.15, 0.2) is 24.3 Å². The largest absolute Gasteiger partial charge is 0.380 e. The second-order valence-corrected chi connectivity index (χ2v) is 4.75. The summed E-state index contributed by atoms with van der Waals surface area (Å²) < 4.78 is 5.44. The maximum Gasteiger partial charge on any atom is 0.248 e. The number of nitrogens with one attached hydrogen (secondary N) is 1. The number of hydrogen-bond donors (Lipinski definition) is 2. The summed E-state index contributed by atoms with van der Waals surface area (Å²) in [7, 11) is 1.77. The molecule has 1 aromatic rings. The van der Waals surface area contributed by atoms with Gasteiger partial charge in [-0.2, -0.15) is 0 Å². The molecule has 1 saturated carbocycles. The van der Waals surface area contributed by atoms with E-state index in [1.807, 2.05) is 12.1 Å². The molecule has 0 spiro atoms. The van der Waals surface area contributed by atoms with E-state index in [1.165, 1.54) is 6.42 Å². The second-order valence-electron chi connectivity index (χ2n) is 4.75. The number of hydrogen-bond acceptors (Lipinski definition) is 3. The van der Waals surface area contributed by atoms with Gasteiger partial charge < -0.3 is 15.8 Å². The first-order chi connectivity index (χ1) is 8.70. The molecule has 98 valence electrons. The summed E-state index contributed by atoms with van der Waals surface area (Å²) in [4.78, 5) is 11.0. The smallest absolute Gasteiger partial charge is 0.248 e. The van der Waals surface area contributed by atoms with E-state index in [1.54, 1.807) is 19.2 Å². The fraction of sp³-hybridized carbons (Fsp3) is 0.500. The average Bonchev–Trinajstić information content (AvgIpc) is 2.84. The Kier molecular flexibility index (Phi) is 4.33. The van der Waals surface area contributed by atoms with Crippen LogP contribution in [0.1, 0.15) is 35.2 Å². The maximum absolute atomic E-state index is 11.0. The van der Waals surface area contributed by atoms with Crippen LogP contribution in [0.5, 0.6) is 0 Å². The van der Waals surface area contributed by atoms with Crippen LogP contribution in [0.3, 0.4) is 0 Å². The van der Waals surface area contributed by atoms with E-state index in [0.29, 0.717) is 17.7 Å². The predicted octanol–water partition coefficient (Wildman–Crippen LogP) is 1.44. The number of nitrogens with two attached hydrogens (primary N) is 1. The van der Waals surface area contributed by atoms with Crippen molar-refractivity contribution in [3.63, 3.8) is 0 Å². The number of primary amides is 1. The van der Waals surface area contributed by atoms with Crippen LogP contribution in [0.25, 0.3) is 0 Å². The Labute approximate surface area is 108 Å². The van der Waals surface area contributed by atoms with Gasteiger partial charge in [-0.25, -0.2) is 0 Å². The summed E-state index contributed by atoms with van der Waals surface area (Å²) in [5.74, 6) is -0.384. The van der Waals surface area contributed by atoms with Gasteiger partial charge in [-0.05, 0) is 37.0 Å². The molecule has 0 aromatic heterocycles. The van der Waals surface area contributed by atoms with Crippen molar-refractivity contribution in [2.45, 2.75) is 38.0 Å². The average molecular weight is 248 g/mol. The van der Waals surface area contributed by atoms with Gasteiger partial charge in [0.05, 0.1) is 6.10 Å². The van der Waals surface area contributed by atoms with Gasteiger partial charge in [0.25, 0.3) is 0 Å². The molecule has 0 aliphatic heterocycles. The van der Waals surface area contributed by atoms with Crippen LogP contribution < -0.4 is 11.1 Å². The van der Waals surface area contributed by atoms with E-state index in [-0.39, 0.29) is 5.91 Å². The van der Waals surface area contributed by atoms with Crippen LogP contribution in [0.4, 0.5) is 0 Å². The third-order valence-corrected chi connectivity index (χ3v) is 3.56. The molecular weight excluding hydrogens is 228 g/mol. The Bertz CT molecular complexity index is 403. The monoisotopic (exact) mass is 248 g/mol. The number of benzene rings is 1. The molecule has 1 aliphatic rings. The van der Waals surface area contributed by atoms with Crippen LogP contribution in [-0.2, 0) is 11.3 Å². The highest BCUT2D eigenvalue weighted by Crippen LogP contribution is 2.21. The minimum Gasteiger partial charge on any atom is -0.380 e. The highest BCUT2D eigenvalue weighted by Gasteiger charge is 2.26. The summed E-state index contributed by atoms with van der Waals surface area (Å²) >= 11 is 0. The molecule has 2 rings (SSSR count). The molecule has 4 heteroatoms. The molecule has 0 saturated heterocycles. The lowest BCUT2D eigenvalue weighted by molar-refractivity contribution is 0.0847. The van der Waals surface area contributed by atoms with E-state index >= 15 is 0 Å². The Hall–Kier alpha value is -1.39. The van der Waals surface area contributed by atoms with E-state index < -0.39 is 0 Å². The van der Waals surface area contributed by atoms with Gasteiger partial charge in [-0.15, -0.1) is 0 Å². The Morgan fingerprint density at radius 1 is 1.39 bits per heavy atom. The van der Waals surface area contributed by atoms with Gasteiger partial charge in [0.1, 0.15) is 0 Å². The molecule has 1 aromatic carbocycles. The number of carbonyl (C=O) groups excluding carboxylic acids is 1. The Morgan fingerprint density at radius 3 is 2.72 bits per heavy atom. The topological polar surface area (TPSA) is 64.3 Å². The molecule has 4 nitrogen and oxygen atoms in total. The quantitative estimate of drug-likeness (QED) is 0.828. The molecule has 18 heavy (non-hydrogen) atoms. The SMILES string of the molecule is COC1CCCC1NCc1ccc(C(N)=O)cc1. The molecule has 0 heterocycles. The van der Waals surface area contributed by atoms with Crippen molar-refractivity contribution < 1.29 is 9.53 Å². The fourth-order valence-electron chi connectivity index (χ4n) is 2.48. The van der Waals surface area contributed by atoms with Crippen molar-refractivity contribution in [2.24, 2.45) is 5.73 Å². The van der Waals surface area contributed by atoms with Crippen LogP contribution in [0, 0.1) is 0 Å². The number of rotatable bonds is 5. The first-order valence-corrected chi connectivity index (χ1v) is 6.35. The normalized spacial score (nSPS) is 23.2. The van der Waals surface area contributed by atoms with Gasteiger partial charge in [0.2, 0.25) is 5.91 Å². The van der Waals surface area contributed by atoms with Gasteiger partial charge >= 0.3 is 0 Å². The lowest BCUT2D eigenvalue weighted by Gasteiger charge is -2.19. The van der Waals surface area contributed by atoms with E-state index in [9.17, 15) is 4.79 Å². The van der Waals surface area contributed by atoms with Gasteiger partial charge in [0.15, 0.2) is 0 Å². The first-order valence-electron chi connectivity index (χ1n) is 6.35. The van der Waals surface area contributed by atoms with Gasteiger partial charge in [0, 0.05) is 25.3 Å². The van der Waals surface area contributed by atoms with Gasteiger partial charge in [-0.3, -0.25) is 4.79 Å². The fourth-order valence-corrected chi connectivity index (χ4v) is 2.48. The zero-order valence-electron chi connectivity index (χ0n) is 10.7. The lowest BCUT2D eigenvalue weighted by atomic mass is 10.1. The van der Waals surface area contributed by atoms with E-state index in [4.69, 9.17) is 10.5 Å². The minimum atomic E-state index is -0.384. The molecule has 1 fully saturated rings. The second kappa shape index (κ2) is 5.98. The summed E-state index contributed by atoms with van der Waals surface area (Å²) in [6, 6.07) is 7.84. The van der Waals surface area contributed by atoms with E-state index in [0.717, 1.165) is 24.9 Å². The summed E-state index contributed by atoms with van der Waals surface area (Å²) in [6.07, 6.45) is 3.85. The number of methoxy groups -OCH3 is 1. The molecule has 1 amide bonds. The van der Waals surface area contributed by atoms with Crippen LogP contribution in [-0.4, -0.2) is 25.2 Å². The molecule has 2 atom stereocenters. The maximum atomic E-state index is 11.0. The molecule has 3 N–H and O–H groups in total. The number of ether oxygens (including phenoxy) is 1. The molecular formula is C14H20N2O2. The van der Waals surface area contributed by atoms with Crippen molar-refractivity contribution in [3.8, 4) is 0 Å². The molecule has 1 aliphatic carbocycles. The van der Waals surface area contributed by atoms with Crippen LogP contribution in [0.2, 0.25) is 0 Å². The van der Waals surface area contributed by atoms with Crippen LogP contribution >= 0.6 is 0 Å². The lowest BCUT2D eigenvalue weighted by Crippen LogP contribution is -2.36. The standard InChI is InChI=1S/C14H20N2O2/c1-18-13-4-2-3-12(13)16-9-10-5-7-11(8-6-10)14(15)17/h5-8,12-13,16H,2-4,9H2,1H3,(H2,15,17). The number of amides is 1. The summed E-state index contributed by atoms with van der Waals surface area (Å²) in [6.45, 7) is 0.795. The highest BCUT2D eigenvalue weighted by atomic mass is 16.5.